The largest absolute Gasteiger partial charge is 0.270 e. The normalized spacial score (nSPS) is 13.5. The molecule has 1 aromatic heterocycles. The van der Waals surface area contributed by atoms with Gasteiger partial charge in [-0.1, -0.05) is 11.6 Å². The minimum absolute atomic E-state index is 0.0193. The Kier molecular flexibility index (Phi) is 2.91. The molecular weight excluding hydrogens is 298 g/mol. The zero-order valence-corrected chi connectivity index (χ0v) is 11.1. The molecule has 0 radical (unpaired) electrons. The summed E-state index contributed by atoms with van der Waals surface area (Å²) in [5, 5.41) is 10.9. The van der Waals surface area contributed by atoms with Crippen LogP contribution in [0.2, 0.25) is 5.02 Å². The first-order chi connectivity index (χ1) is 10.0. The number of pyridine rings is 1. The predicted molar refractivity (Wildman–Crippen MR) is 73.5 cm³/mol. The highest BCUT2D eigenvalue weighted by Gasteiger charge is 2.38. The standard InChI is InChI=1S/C13H6ClN3O4/c14-10-3-4-15-6-11(10)16-12(18)8-2-1-7(17(20)21)5-9(8)13(16)19/h1-6H. The predicted octanol–water partition coefficient (Wildman–Crippen LogP) is 2.44. The molecule has 0 saturated heterocycles. The number of carbonyl (C=O) groups is 2. The molecule has 0 fully saturated rings. The molecule has 1 aliphatic heterocycles. The van der Waals surface area contributed by atoms with Crippen LogP contribution in [-0.4, -0.2) is 21.7 Å². The maximum absolute atomic E-state index is 12.3. The summed E-state index contributed by atoms with van der Waals surface area (Å²) >= 11 is 5.97. The molecular formula is C13H6ClN3O4. The van der Waals surface area contributed by atoms with E-state index in [2.05, 4.69) is 4.98 Å². The quantitative estimate of drug-likeness (QED) is 0.482. The summed E-state index contributed by atoms with van der Waals surface area (Å²) in [5.74, 6) is -1.24. The molecule has 8 heteroatoms. The molecule has 2 amide bonds. The zero-order valence-electron chi connectivity index (χ0n) is 10.3. The molecule has 7 nitrogen and oxygen atoms in total. The fourth-order valence-electron chi connectivity index (χ4n) is 2.09. The second-order valence-electron chi connectivity index (χ2n) is 4.26. The lowest BCUT2D eigenvalue weighted by Crippen LogP contribution is -2.29. The van der Waals surface area contributed by atoms with Crippen molar-refractivity contribution in [2.75, 3.05) is 4.90 Å². The molecule has 2 heterocycles. The van der Waals surface area contributed by atoms with Crippen molar-refractivity contribution in [3.8, 4) is 0 Å². The first kappa shape index (κ1) is 13.2. The van der Waals surface area contributed by atoms with Crippen LogP contribution in [0.5, 0.6) is 0 Å². The highest BCUT2D eigenvalue weighted by atomic mass is 35.5. The third kappa shape index (κ3) is 1.95. The van der Waals surface area contributed by atoms with Crippen LogP contribution in [-0.2, 0) is 0 Å². The van der Waals surface area contributed by atoms with Crippen molar-refractivity contribution >= 4 is 34.8 Å². The number of hydrogen-bond acceptors (Lipinski definition) is 5. The lowest BCUT2D eigenvalue weighted by Gasteiger charge is -2.14. The van der Waals surface area contributed by atoms with Crippen molar-refractivity contribution in [3.05, 3.63) is 62.9 Å². The number of nitrogens with zero attached hydrogens (tertiary/aromatic N) is 3. The van der Waals surface area contributed by atoms with Gasteiger partial charge in [0.1, 0.15) is 0 Å². The Morgan fingerprint density at radius 2 is 1.86 bits per heavy atom. The molecule has 0 N–H and O–H groups in total. The van der Waals surface area contributed by atoms with Crippen molar-refractivity contribution in [2.45, 2.75) is 0 Å². The van der Waals surface area contributed by atoms with Gasteiger partial charge in [0.2, 0.25) is 0 Å². The molecule has 0 aliphatic carbocycles. The van der Waals surface area contributed by atoms with Crippen LogP contribution in [0.3, 0.4) is 0 Å². The van der Waals surface area contributed by atoms with E-state index in [-0.39, 0.29) is 27.5 Å². The molecule has 2 aromatic rings. The molecule has 0 saturated carbocycles. The summed E-state index contributed by atoms with van der Waals surface area (Å²) in [5.41, 5.74) is -0.0262. The van der Waals surface area contributed by atoms with Gasteiger partial charge >= 0.3 is 0 Å². The number of nitro groups is 1. The van der Waals surface area contributed by atoms with Gasteiger partial charge in [0, 0.05) is 18.3 Å². The van der Waals surface area contributed by atoms with Gasteiger partial charge in [-0.25, -0.2) is 4.90 Å². The molecule has 0 spiro atoms. The van der Waals surface area contributed by atoms with Crippen LogP contribution >= 0.6 is 11.6 Å². The molecule has 3 rings (SSSR count). The highest BCUT2D eigenvalue weighted by Crippen LogP contribution is 2.33. The van der Waals surface area contributed by atoms with Gasteiger partial charge in [-0.3, -0.25) is 24.7 Å². The molecule has 21 heavy (non-hydrogen) atoms. The summed E-state index contributed by atoms with van der Waals surface area (Å²) in [6, 6.07) is 4.97. The zero-order chi connectivity index (χ0) is 15.1. The maximum atomic E-state index is 12.3. The van der Waals surface area contributed by atoms with E-state index >= 15 is 0 Å². The van der Waals surface area contributed by atoms with Gasteiger partial charge in [-0.2, -0.15) is 0 Å². The van der Waals surface area contributed by atoms with E-state index in [9.17, 15) is 19.7 Å². The fraction of sp³-hybridized carbons (Fsp3) is 0. The number of imide groups is 1. The van der Waals surface area contributed by atoms with E-state index < -0.39 is 16.7 Å². The summed E-state index contributed by atoms with van der Waals surface area (Å²) in [4.78, 5) is 39.4. The number of non-ortho nitro benzene ring substituents is 1. The fourth-order valence-corrected chi connectivity index (χ4v) is 2.28. The van der Waals surface area contributed by atoms with E-state index in [1.807, 2.05) is 0 Å². The van der Waals surface area contributed by atoms with E-state index in [4.69, 9.17) is 11.6 Å². The smallest absolute Gasteiger partial charge is 0.268 e. The number of carbonyl (C=O) groups excluding carboxylic acids is 2. The van der Waals surface area contributed by atoms with Crippen molar-refractivity contribution in [3.63, 3.8) is 0 Å². The number of rotatable bonds is 2. The van der Waals surface area contributed by atoms with E-state index in [1.165, 1.54) is 30.6 Å². The number of aromatic nitrogens is 1. The average molecular weight is 304 g/mol. The Bertz CT molecular complexity index is 806. The first-order valence-electron chi connectivity index (χ1n) is 5.77. The lowest BCUT2D eigenvalue weighted by atomic mass is 10.1. The molecule has 104 valence electrons. The Balaban J connectivity index is 2.13. The topological polar surface area (TPSA) is 93.4 Å². The SMILES string of the molecule is O=C1c2ccc([N+](=O)[O-])cc2C(=O)N1c1cnccc1Cl. The number of nitro benzene ring substituents is 1. The molecule has 0 atom stereocenters. The second kappa shape index (κ2) is 4.64. The number of hydrogen-bond donors (Lipinski definition) is 0. The van der Waals surface area contributed by atoms with Crippen molar-refractivity contribution in [1.29, 1.82) is 0 Å². The van der Waals surface area contributed by atoms with Gasteiger partial charge in [0.25, 0.3) is 17.5 Å². The Labute approximate surface area is 122 Å². The number of anilines is 1. The average Bonchev–Trinajstić information content (AvgIpc) is 2.71. The van der Waals surface area contributed by atoms with E-state index in [1.54, 1.807) is 0 Å². The van der Waals surface area contributed by atoms with Gasteiger partial charge in [-0.05, 0) is 12.1 Å². The van der Waals surface area contributed by atoms with Gasteiger partial charge < -0.3 is 0 Å². The van der Waals surface area contributed by atoms with Crippen LogP contribution in [0.1, 0.15) is 20.7 Å². The van der Waals surface area contributed by atoms with Crippen LogP contribution in [0.25, 0.3) is 0 Å². The summed E-state index contributed by atoms with van der Waals surface area (Å²) in [6.45, 7) is 0. The Morgan fingerprint density at radius 1 is 1.14 bits per heavy atom. The molecule has 1 aliphatic rings. The van der Waals surface area contributed by atoms with Crippen molar-refractivity contribution < 1.29 is 14.5 Å². The van der Waals surface area contributed by atoms with E-state index in [0.717, 1.165) is 11.0 Å². The van der Waals surface area contributed by atoms with Crippen LogP contribution in [0, 0.1) is 10.1 Å². The maximum Gasteiger partial charge on any atom is 0.270 e. The molecule has 1 aromatic carbocycles. The number of halogens is 1. The highest BCUT2D eigenvalue weighted by molar-refractivity contribution is 6.39. The Hall–Kier alpha value is -2.80. The number of benzene rings is 1. The third-order valence-corrected chi connectivity index (χ3v) is 3.39. The molecule has 0 unspecified atom stereocenters. The van der Waals surface area contributed by atoms with Crippen molar-refractivity contribution in [1.82, 2.24) is 4.98 Å². The van der Waals surface area contributed by atoms with Crippen LogP contribution in [0.15, 0.2) is 36.7 Å². The van der Waals surface area contributed by atoms with Gasteiger partial charge in [0.15, 0.2) is 0 Å². The first-order valence-corrected chi connectivity index (χ1v) is 6.15. The number of fused-ring (bicyclic) bond motifs is 1. The Morgan fingerprint density at radius 3 is 2.52 bits per heavy atom. The molecule has 0 bridgehead atoms. The van der Waals surface area contributed by atoms with Gasteiger partial charge in [0.05, 0.1) is 33.0 Å². The lowest BCUT2D eigenvalue weighted by molar-refractivity contribution is -0.384. The van der Waals surface area contributed by atoms with Crippen molar-refractivity contribution in [2.24, 2.45) is 0 Å². The summed E-state index contributed by atoms with van der Waals surface area (Å²) < 4.78 is 0. The minimum Gasteiger partial charge on any atom is -0.268 e. The monoisotopic (exact) mass is 303 g/mol. The second-order valence-corrected chi connectivity index (χ2v) is 4.67. The third-order valence-electron chi connectivity index (χ3n) is 3.07. The summed E-state index contributed by atoms with van der Waals surface area (Å²) in [7, 11) is 0. The number of amides is 2. The van der Waals surface area contributed by atoms with E-state index in [0.29, 0.717) is 0 Å². The minimum atomic E-state index is -0.659. The van der Waals surface area contributed by atoms with Gasteiger partial charge in [-0.15, -0.1) is 0 Å². The van der Waals surface area contributed by atoms with Crippen LogP contribution in [0.4, 0.5) is 11.4 Å². The summed E-state index contributed by atoms with van der Waals surface area (Å²) in [6.07, 6.45) is 2.72. The van der Waals surface area contributed by atoms with Crippen LogP contribution < -0.4 is 4.90 Å².